The van der Waals surface area contributed by atoms with Crippen LogP contribution in [0, 0.1) is 13.8 Å². The lowest BCUT2D eigenvalue weighted by Gasteiger charge is -2.10. The fourth-order valence-corrected chi connectivity index (χ4v) is 1.69. The van der Waals surface area contributed by atoms with Crippen molar-refractivity contribution in [3.8, 4) is 0 Å². The van der Waals surface area contributed by atoms with Crippen LogP contribution in [0.5, 0.6) is 0 Å². The highest BCUT2D eigenvalue weighted by atomic mass is 14.7. The average molecular weight is 163 g/mol. The summed E-state index contributed by atoms with van der Waals surface area (Å²) in [4.78, 5) is 4.38. The van der Waals surface area contributed by atoms with E-state index in [1.165, 1.54) is 22.4 Å². The van der Waals surface area contributed by atoms with Crippen LogP contribution in [0.25, 0.3) is 0 Å². The van der Waals surface area contributed by atoms with Crippen LogP contribution in [-0.2, 0) is 12.8 Å². The van der Waals surface area contributed by atoms with Gasteiger partial charge in [0.2, 0.25) is 0 Å². The lowest BCUT2D eigenvalue weighted by Crippen LogP contribution is -1.99. The molecule has 0 aliphatic carbocycles. The zero-order valence-electron chi connectivity index (χ0n) is 8.44. The van der Waals surface area contributed by atoms with Crippen molar-refractivity contribution < 1.29 is 0 Å². The van der Waals surface area contributed by atoms with Crippen LogP contribution in [0.4, 0.5) is 0 Å². The van der Waals surface area contributed by atoms with Crippen molar-refractivity contribution in [3.63, 3.8) is 0 Å². The normalized spacial score (nSPS) is 10.3. The molecule has 0 spiro atoms. The van der Waals surface area contributed by atoms with Gasteiger partial charge in [-0.15, -0.1) is 0 Å². The molecule has 1 heterocycles. The van der Waals surface area contributed by atoms with E-state index in [2.05, 4.69) is 32.7 Å². The van der Waals surface area contributed by atoms with Crippen molar-refractivity contribution in [1.29, 1.82) is 0 Å². The van der Waals surface area contributed by atoms with Crippen molar-refractivity contribution in [2.75, 3.05) is 0 Å². The van der Waals surface area contributed by atoms with Crippen LogP contribution in [0.2, 0.25) is 0 Å². The van der Waals surface area contributed by atoms with E-state index in [0.29, 0.717) is 0 Å². The maximum Gasteiger partial charge on any atom is 0.0407 e. The number of rotatable bonds is 2. The maximum atomic E-state index is 4.38. The van der Waals surface area contributed by atoms with Crippen molar-refractivity contribution >= 4 is 0 Å². The van der Waals surface area contributed by atoms with Gasteiger partial charge in [-0.25, -0.2) is 0 Å². The zero-order valence-corrected chi connectivity index (χ0v) is 8.44. The van der Waals surface area contributed by atoms with E-state index in [9.17, 15) is 0 Å². The molecule has 0 saturated heterocycles. The average Bonchev–Trinajstić information content (AvgIpc) is 2.06. The number of pyridine rings is 1. The van der Waals surface area contributed by atoms with E-state index >= 15 is 0 Å². The van der Waals surface area contributed by atoms with E-state index < -0.39 is 0 Å². The fraction of sp³-hybridized carbons (Fsp3) is 0.545. The van der Waals surface area contributed by atoms with Gasteiger partial charge in [0.15, 0.2) is 0 Å². The van der Waals surface area contributed by atoms with Crippen LogP contribution in [0.1, 0.15) is 36.2 Å². The number of aryl methyl sites for hydroxylation is 2. The number of hydrogen-bond donors (Lipinski definition) is 0. The number of nitrogens with zero attached hydrogens (tertiary/aromatic N) is 1. The Morgan fingerprint density at radius 3 is 2.33 bits per heavy atom. The molecule has 0 aromatic carbocycles. The van der Waals surface area contributed by atoms with Crippen LogP contribution in [0.3, 0.4) is 0 Å². The van der Waals surface area contributed by atoms with Gasteiger partial charge in [0.25, 0.3) is 0 Å². The Labute approximate surface area is 74.8 Å². The Morgan fingerprint density at radius 2 is 1.83 bits per heavy atom. The minimum atomic E-state index is 1.09. The molecule has 1 heteroatoms. The molecule has 0 bridgehead atoms. The highest BCUT2D eigenvalue weighted by molar-refractivity contribution is 5.34. The number of aromatic nitrogens is 1. The summed E-state index contributed by atoms with van der Waals surface area (Å²) >= 11 is 0. The third kappa shape index (κ3) is 1.50. The molecule has 12 heavy (non-hydrogen) atoms. The molecule has 0 fully saturated rings. The summed E-state index contributed by atoms with van der Waals surface area (Å²) in [6, 6.07) is 0. The summed E-state index contributed by atoms with van der Waals surface area (Å²) in [5.74, 6) is 0. The second-order valence-electron chi connectivity index (χ2n) is 3.18. The predicted molar refractivity (Wildman–Crippen MR) is 52.5 cm³/mol. The highest BCUT2D eigenvalue weighted by Gasteiger charge is 2.04. The minimum Gasteiger partial charge on any atom is -0.261 e. The highest BCUT2D eigenvalue weighted by Crippen LogP contribution is 2.16. The molecule has 0 aliphatic rings. The summed E-state index contributed by atoms with van der Waals surface area (Å²) in [7, 11) is 0. The van der Waals surface area contributed by atoms with Crippen molar-refractivity contribution in [2.45, 2.75) is 40.5 Å². The Balaban J connectivity index is 3.24. The summed E-state index contributed by atoms with van der Waals surface area (Å²) in [5, 5.41) is 0. The molecule has 0 radical (unpaired) electrons. The molecule has 0 saturated carbocycles. The second-order valence-corrected chi connectivity index (χ2v) is 3.18. The summed E-state index contributed by atoms with van der Waals surface area (Å²) in [6.07, 6.45) is 4.19. The third-order valence-electron chi connectivity index (χ3n) is 2.52. The predicted octanol–water partition coefficient (Wildman–Crippen LogP) is 2.82. The largest absolute Gasteiger partial charge is 0.261 e. The molecule has 1 aromatic rings. The van der Waals surface area contributed by atoms with Gasteiger partial charge >= 0.3 is 0 Å². The Hall–Kier alpha value is -0.850. The third-order valence-corrected chi connectivity index (χ3v) is 2.52. The van der Waals surface area contributed by atoms with Gasteiger partial charge in [0.1, 0.15) is 0 Å². The SMILES string of the molecule is CCc1cnc(C)c(CC)c1C. The summed E-state index contributed by atoms with van der Waals surface area (Å²) < 4.78 is 0. The number of hydrogen-bond acceptors (Lipinski definition) is 1. The van der Waals surface area contributed by atoms with E-state index in [1.807, 2.05) is 6.20 Å². The van der Waals surface area contributed by atoms with Gasteiger partial charge in [-0.3, -0.25) is 4.98 Å². The van der Waals surface area contributed by atoms with E-state index in [1.54, 1.807) is 0 Å². The van der Waals surface area contributed by atoms with Crippen LogP contribution in [0.15, 0.2) is 6.20 Å². The van der Waals surface area contributed by atoms with Crippen molar-refractivity contribution in [3.05, 3.63) is 28.6 Å². The van der Waals surface area contributed by atoms with Crippen molar-refractivity contribution in [2.24, 2.45) is 0 Å². The molecular formula is C11H17N. The van der Waals surface area contributed by atoms with Gasteiger partial charge in [0.05, 0.1) is 0 Å². The van der Waals surface area contributed by atoms with Gasteiger partial charge < -0.3 is 0 Å². The van der Waals surface area contributed by atoms with Crippen molar-refractivity contribution in [1.82, 2.24) is 4.98 Å². The monoisotopic (exact) mass is 163 g/mol. The first kappa shape index (κ1) is 9.24. The van der Waals surface area contributed by atoms with Crippen LogP contribution < -0.4 is 0 Å². The first-order chi connectivity index (χ1) is 5.70. The van der Waals surface area contributed by atoms with Crippen LogP contribution >= 0.6 is 0 Å². The molecule has 0 amide bonds. The lowest BCUT2D eigenvalue weighted by atomic mass is 10.00. The first-order valence-corrected chi connectivity index (χ1v) is 4.64. The van der Waals surface area contributed by atoms with E-state index in [-0.39, 0.29) is 0 Å². The Kier molecular flexibility index (Phi) is 2.85. The standard InChI is InChI=1S/C11H17N/c1-5-10-7-12-9(4)11(6-2)8(10)3/h7H,5-6H2,1-4H3. The summed E-state index contributed by atoms with van der Waals surface area (Å²) in [5.41, 5.74) is 5.44. The quantitative estimate of drug-likeness (QED) is 0.653. The first-order valence-electron chi connectivity index (χ1n) is 4.64. The van der Waals surface area contributed by atoms with Gasteiger partial charge in [-0.1, -0.05) is 13.8 Å². The smallest absolute Gasteiger partial charge is 0.0407 e. The molecular weight excluding hydrogens is 146 g/mol. The summed E-state index contributed by atoms with van der Waals surface area (Å²) in [6.45, 7) is 8.66. The second kappa shape index (κ2) is 3.70. The topological polar surface area (TPSA) is 12.9 Å². The van der Waals surface area contributed by atoms with E-state index in [0.717, 1.165) is 12.8 Å². The molecule has 66 valence electrons. The van der Waals surface area contributed by atoms with Crippen LogP contribution in [-0.4, -0.2) is 4.98 Å². The molecule has 0 aliphatic heterocycles. The molecule has 1 aromatic heterocycles. The molecule has 0 atom stereocenters. The lowest BCUT2D eigenvalue weighted by molar-refractivity contribution is 0.972. The van der Waals surface area contributed by atoms with Gasteiger partial charge in [-0.2, -0.15) is 0 Å². The van der Waals surface area contributed by atoms with Gasteiger partial charge in [-0.05, 0) is 43.4 Å². The molecule has 0 N–H and O–H groups in total. The Morgan fingerprint density at radius 1 is 1.17 bits per heavy atom. The fourth-order valence-electron chi connectivity index (χ4n) is 1.69. The van der Waals surface area contributed by atoms with Gasteiger partial charge in [0, 0.05) is 11.9 Å². The Bertz CT molecular complexity index is 277. The molecule has 1 nitrogen and oxygen atoms in total. The zero-order chi connectivity index (χ0) is 9.14. The molecule has 1 rings (SSSR count). The van der Waals surface area contributed by atoms with E-state index in [4.69, 9.17) is 0 Å². The maximum absolute atomic E-state index is 4.38. The minimum absolute atomic E-state index is 1.09. The molecule has 0 unspecified atom stereocenters.